The lowest BCUT2D eigenvalue weighted by Crippen LogP contribution is -2.33. The minimum absolute atomic E-state index is 0.725. The quantitative estimate of drug-likeness (QED) is 0.668. The van der Waals surface area contributed by atoms with Crippen molar-refractivity contribution >= 4 is 11.6 Å². The molecule has 0 aliphatic carbocycles. The standard InChI is InChI=1S/C17H14ClN2/c18-16-8-4-7-15(11-16)17-13-20(10-9-19-17)12-14-5-2-1-3-6-14/h1-11,13H,12H2/q+1. The first-order chi connectivity index (χ1) is 9.81. The van der Waals surface area contributed by atoms with Gasteiger partial charge in [0.15, 0.2) is 18.9 Å². The van der Waals surface area contributed by atoms with Crippen molar-refractivity contribution in [3.63, 3.8) is 0 Å². The minimum atomic E-state index is 0.725. The van der Waals surface area contributed by atoms with E-state index in [9.17, 15) is 0 Å². The van der Waals surface area contributed by atoms with Crippen molar-refractivity contribution in [1.82, 2.24) is 4.98 Å². The van der Waals surface area contributed by atoms with Gasteiger partial charge in [0.2, 0.25) is 0 Å². The van der Waals surface area contributed by atoms with Gasteiger partial charge in [-0.05, 0) is 12.1 Å². The molecule has 3 aromatic rings. The van der Waals surface area contributed by atoms with E-state index in [1.807, 2.05) is 48.9 Å². The molecule has 0 spiro atoms. The van der Waals surface area contributed by atoms with Crippen molar-refractivity contribution in [1.29, 1.82) is 0 Å². The van der Waals surface area contributed by atoms with E-state index in [2.05, 4.69) is 33.8 Å². The molecule has 0 N–H and O–H groups in total. The Morgan fingerprint density at radius 3 is 2.65 bits per heavy atom. The zero-order chi connectivity index (χ0) is 13.8. The topological polar surface area (TPSA) is 16.8 Å². The third kappa shape index (κ3) is 3.03. The van der Waals surface area contributed by atoms with Gasteiger partial charge in [-0.25, -0.2) is 4.98 Å². The molecule has 98 valence electrons. The Morgan fingerprint density at radius 1 is 1.00 bits per heavy atom. The van der Waals surface area contributed by atoms with Gasteiger partial charge in [0.25, 0.3) is 0 Å². The molecule has 0 bridgehead atoms. The van der Waals surface area contributed by atoms with Crippen molar-refractivity contribution in [2.75, 3.05) is 0 Å². The molecule has 2 nitrogen and oxygen atoms in total. The monoisotopic (exact) mass is 281 g/mol. The van der Waals surface area contributed by atoms with E-state index >= 15 is 0 Å². The molecule has 0 fully saturated rings. The summed E-state index contributed by atoms with van der Waals surface area (Å²) >= 11 is 6.03. The fourth-order valence-corrected chi connectivity index (χ4v) is 2.31. The van der Waals surface area contributed by atoms with Crippen LogP contribution >= 0.6 is 11.6 Å². The molecule has 1 aromatic heterocycles. The average Bonchev–Trinajstić information content (AvgIpc) is 2.49. The van der Waals surface area contributed by atoms with Crippen molar-refractivity contribution in [2.24, 2.45) is 0 Å². The predicted octanol–water partition coefficient (Wildman–Crippen LogP) is 3.74. The SMILES string of the molecule is Clc1cccc(-c2c[n+](Cc3ccccc3)ccn2)c1. The van der Waals surface area contributed by atoms with Crippen LogP contribution in [0.5, 0.6) is 0 Å². The maximum absolute atomic E-state index is 6.03. The summed E-state index contributed by atoms with van der Waals surface area (Å²) in [5, 5.41) is 0.725. The summed E-state index contributed by atoms with van der Waals surface area (Å²) in [4.78, 5) is 4.41. The Kier molecular flexibility index (Phi) is 3.75. The first-order valence-electron chi connectivity index (χ1n) is 6.46. The summed E-state index contributed by atoms with van der Waals surface area (Å²) in [6.45, 7) is 0.830. The van der Waals surface area contributed by atoms with Gasteiger partial charge < -0.3 is 0 Å². The highest BCUT2D eigenvalue weighted by Crippen LogP contribution is 2.19. The molecule has 1 heterocycles. The average molecular weight is 282 g/mol. The van der Waals surface area contributed by atoms with Gasteiger partial charge in [-0.2, -0.15) is 4.57 Å². The van der Waals surface area contributed by atoms with Crippen LogP contribution in [-0.4, -0.2) is 4.98 Å². The van der Waals surface area contributed by atoms with Crippen LogP contribution in [0.4, 0.5) is 0 Å². The number of nitrogens with zero attached hydrogens (tertiary/aromatic N) is 2. The molecule has 0 saturated heterocycles. The van der Waals surface area contributed by atoms with Crippen molar-refractivity contribution in [3.05, 3.63) is 83.8 Å². The van der Waals surface area contributed by atoms with E-state index in [0.717, 1.165) is 22.8 Å². The third-order valence-electron chi connectivity index (χ3n) is 3.09. The van der Waals surface area contributed by atoms with Crippen LogP contribution in [0.2, 0.25) is 5.02 Å². The summed E-state index contributed by atoms with van der Waals surface area (Å²) in [6.07, 6.45) is 5.83. The molecule has 0 saturated carbocycles. The fourth-order valence-electron chi connectivity index (χ4n) is 2.12. The van der Waals surface area contributed by atoms with Gasteiger partial charge in [-0.15, -0.1) is 0 Å². The summed E-state index contributed by atoms with van der Waals surface area (Å²) in [5.41, 5.74) is 3.21. The first-order valence-corrected chi connectivity index (χ1v) is 6.84. The van der Waals surface area contributed by atoms with Gasteiger partial charge in [0.05, 0.1) is 6.20 Å². The van der Waals surface area contributed by atoms with E-state index in [-0.39, 0.29) is 0 Å². The lowest BCUT2D eigenvalue weighted by atomic mass is 10.1. The van der Waals surface area contributed by atoms with Gasteiger partial charge in [0, 0.05) is 16.1 Å². The normalized spacial score (nSPS) is 10.4. The molecule has 0 unspecified atom stereocenters. The van der Waals surface area contributed by atoms with Gasteiger partial charge in [-0.3, -0.25) is 0 Å². The van der Waals surface area contributed by atoms with E-state index in [1.165, 1.54) is 5.56 Å². The zero-order valence-corrected chi connectivity index (χ0v) is 11.7. The second-order valence-corrected chi connectivity index (χ2v) is 5.05. The molecule has 3 heteroatoms. The smallest absolute Gasteiger partial charge is 0.195 e. The van der Waals surface area contributed by atoms with Crippen LogP contribution in [0, 0.1) is 0 Å². The Labute approximate surface area is 123 Å². The predicted molar refractivity (Wildman–Crippen MR) is 80.4 cm³/mol. The van der Waals surface area contributed by atoms with E-state index < -0.39 is 0 Å². The Bertz CT molecular complexity index is 711. The molecule has 0 aliphatic rings. The lowest BCUT2D eigenvalue weighted by molar-refractivity contribution is -0.688. The number of benzene rings is 2. The number of rotatable bonds is 3. The van der Waals surface area contributed by atoms with Crippen molar-refractivity contribution in [3.8, 4) is 11.3 Å². The number of hydrogen-bond donors (Lipinski definition) is 0. The first kappa shape index (κ1) is 12.8. The maximum atomic E-state index is 6.03. The summed E-state index contributed by atoms with van der Waals surface area (Å²) in [7, 11) is 0. The molecular weight excluding hydrogens is 268 g/mol. The molecule has 0 amide bonds. The maximum Gasteiger partial charge on any atom is 0.195 e. The molecule has 2 aromatic carbocycles. The Hall–Kier alpha value is -2.19. The molecule has 0 radical (unpaired) electrons. The summed E-state index contributed by atoms with van der Waals surface area (Å²) in [6, 6.07) is 18.1. The number of aromatic nitrogens is 2. The van der Waals surface area contributed by atoms with Crippen molar-refractivity contribution < 1.29 is 4.57 Å². The highest BCUT2D eigenvalue weighted by molar-refractivity contribution is 6.30. The Balaban J connectivity index is 1.90. The van der Waals surface area contributed by atoms with Crippen LogP contribution in [0.25, 0.3) is 11.3 Å². The van der Waals surface area contributed by atoms with E-state index in [0.29, 0.717) is 0 Å². The number of hydrogen-bond acceptors (Lipinski definition) is 1. The van der Waals surface area contributed by atoms with E-state index in [1.54, 1.807) is 0 Å². The molecule has 3 rings (SSSR count). The van der Waals surface area contributed by atoms with Crippen LogP contribution in [0.1, 0.15) is 5.56 Å². The molecular formula is C17H14ClN2+. The summed E-state index contributed by atoms with van der Waals surface area (Å²) in [5.74, 6) is 0. The minimum Gasteiger partial charge on any atom is -0.244 e. The van der Waals surface area contributed by atoms with Gasteiger partial charge >= 0.3 is 0 Å². The fraction of sp³-hybridized carbons (Fsp3) is 0.0588. The van der Waals surface area contributed by atoms with Crippen LogP contribution in [0.3, 0.4) is 0 Å². The molecule has 0 aliphatic heterocycles. The molecule has 0 atom stereocenters. The van der Waals surface area contributed by atoms with E-state index in [4.69, 9.17) is 11.6 Å². The van der Waals surface area contributed by atoms with Crippen LogP contribution in [-0.2, 0) is 6.54 Å². The van der Waals surface area contributed by atoms with Gasteiger partial charge in [0.1, 0.15) is 5.69 Å². The number of halogens is 1. The summed E-state index contributed by atoms with van der Waals surface area (Å²) < 4.78 is 2.12. The third-order valence-corrected chi connectivity index (χ3v) is 3.32. The lowest BCUT2D eigenvalue weighted by Gasteiger charge is -2.01. The Morgan fingerprint density at radius 2 is 1.85 bits per heavy atom. The highest BCUT2D eigenvalue weighted by Gasteiger charge is 2.07. The largest absolute Gasteiger partial charge is 0.244 e. The second kappa shape index (κ2) is 5.85. The second-order valence-electron chi connectivity index (χ2n) is 4.61. The van der Waals surface area contributed by atoms with Crippen LogP contribution < -0.4 is 4.57 Å². The molecule has 20 heavy (non-hydrogen) atoms. The van der Waals surface area contributed by atoms with Crippen LogP contribution in [0.15, 0.2) is 73.2 Å². The van der Waals surface area contributed by atoms with Gasteiger partial charge in [-0.1, -0.05) is 54.1 Å². The van der Waals surface area contributed by atoms with Crippen molar-refractivity contribution in [2.45, 2.75) is 6.54 Å². The zero-order valence-electron chi connectivity index (χ0n) is 10.9. The highest BCUT2D eigenvalue weighted by atomic mass is 35.5.